The molecule has 1 N–H and O–H groups in total. The van der Waals surface area contributed by atoms with E-state index < -0.39 is 0 Å². The summed E-state index contributed by atoms with van der Waals surface area (Å²) >= 11 is 0. The Kier molecular flexibility index (Phi) is 3.67. The Hall–Kier alpha value is -2.50. The summed E-state index contributed by atoms with van der Waals surface area (Å²) in [7, 11) is 0. The van der Waals surface area contributed by atoms with Gasteiger partial charge in [0.15, 0.2) is 5.69 Å². The van der Waals surface area contributed by atoms with Crippen LogP contribution in [0.3, 0.4) is 0 Å². The van der Waals surface area contributed by atoms with E-state index in [2.05, 4.69) is 15.5 Å². The van der Waals surface area contributed by atoms with Gasteiger partial charge in [-0.2, -0.15) is 5.10 Å². The van der Waals surface area contributed by atoms with Gasteiger partial charge in [-0.25, -0.2) is 4.39 Å². The van der Waals surface area contributed by atoms with E-state index in [4.69, 9.17) is 4.74 Å². The van der Waals surface area contributed by atoms with E-state index in [1.165, 1.54) is 12.1 Å². The fourth-order valence-corrected chi connectivity index (χ4v) is 3.40. The maximum atomic E-state index is 13.3. The molecule has 1 aromatic heterocycles. The van der Waals surface area contributed by atoms with E-state index in [1.807, 2.05) is 13.0 Å². The van der Waals surface area contributed by atoms with Crippen LogP contribution in [-0.4, -0.2) is 22.2 Å². The molecule has 0 bridgehead atoms. The Labute approximate surface area is 139 Å². The molecule has 2 aromatic rings. The average Bonchev–Trinajstić information content (AvgIpc) is 2.89. The summed E-state index contributed by atoms with van der Waals surface area (Å²) in [5.41, 5.74) is 3.21. The molecular weight excluding hydrogens is 309 g/mol. The van der Waals surface area contributed by atoms with E-state index in [0.29, 0.717) is 11.4 Å². The molecule has 2 aliphatic rings. The number of amides is 1. The summed E-state index contributed by atoms with van der Waals surface area (Å²) in [4.78, 5) is 12.6. The Morgan fingerprint density at radius 2 is 2.08 bits per heavy atom. The second-order valence-electron chi connectivity index (χ2n) is 6.36. The molecule has 2 unspecified atom stereocenters. The quantitative estimate of drug-likeness (QED) is 0.921. The minimum Gasteiger partial charge on any atom is -0.488 e. The highest BCUT2D eigenvalue weighted by Gasteiger charge is 2.33. The molecule has 6 heteroatoms. The molecule has 0 saturated carbocycles. The van der Waals surface area contributed by atoms with Crippen molar-refractivity contribution in [3.05, 3.63) is 52.6 Å². The molecule has 4 rings (SSSR count). The van der Waals surface area contributed by atoms with Crippen LogP contribution in [0.25, 0.3) is 0 Å². The van der Waals surface area contributed by atoms with Crippen LogP contribution in [0.1, 0.15) is 53.1 Å². The van der Waals surface area contributed by atoms with Crippen molar-refractivity contribution < 1.29 is 13.9 Å². The number of nitrogens with one attached hydrogen (secondary N) is 1. The third-order valence-electron chi connectivity index (χ3n) is 4.68. The van der Waals surface area contributed by atoms with Gasteiger partial charge < -0.3 is 10.1 Å². The van der Waals surface area contributed by atoms with Crippen LogP contribution in [0, 0.1) is 5.82 Å². The standard InChI is InChI=1S/C18H18FN3O2/c1-10-17(13-7-6-12(19)9-16(13)24-10)20-18(23)15-8-11-4-2-3-5-14(11)21-22-15/h6-10,17H,2-5H2,1H3,(H,20,23). The molecule has 1 aliphatic heterocycles. The number of carbonyl (C=O) groups is 1. The molecule has 1 aliphatic carbocycles. The highest BCUT2D eigenvalue weighted by atomic mass is 19.1. The van der Waals surface area contributed by atoms with Crippen molar-refractivity contribution in [1.29, 1.82) is 0 Å². The average molecular weight is 327 g/mol. The van der Waals surface area contributed by atoms with Gasteiger partial charge in [-0.3, -0.25) is 4.79 Å². The molecule has 0 fully saturated rings. The number of halogens is 1. The Balaban J connectivity index is 1.56. The second-order valence-corrected chi connectivity index (χ2v) is 6.36. The smallest absolute Gasteiger partial charge is 0.272 e. The van der Waals surface area contributed by atoms with Crippen molar-refractivity contribution in [2.75, 3.05) is 0 Å². The molecule has 124 valence electrons. The maximum Gasteiger partial charge on any atom is 0.272 e. The fraction of sp³-hybridized carbons (Fsp3) is 0.389. The lowest BCUT2D eigenvalue weighted by molar-refractivity contribution is 0.0902. The van der Waals surface area contributed by atoms with Gasteiger partial charge in [0.2, 0.25) is 0 Å². The first-order valence-electron chi connectivity index (χ1n) is 8.24. The molecule has 0 radical (unpaired) electrons. The number of carbonyl (C=O) groups excluding carboxylic acids is 1. The molecule has 1 amide bonds. The summed E-state index contributed by atoms with van der Waals surface area (Å²) in [6.07, 6.45) is 3.84. The second kappa shape index (κ2) is 5.85. The first-order chi connectivity index (χ1) is 11.6. The molecular formula is C18H18FN3O2. The first-order valence-corrected chi connectivity index (χ1v) is 8.24. The highest BCUT2D eigenvalue weighted by molar-refractivity contribution is 5.92. The van der Waals surface area contributed by atoms with E-state index in [1.54, 1.807) is 6.07 Å². The van der Waals surface area contributed by atoms with Gasteiger partial charge in [0.25, 0.3) is 5.91 Å². The number of aromatic nitrogens is 2. The Morgan fingerprint density at radius 1 is 1.25 bits per heavy atom. The molecule has 24 heavy (non-hydrogen) atoms. The van der Waals surface area contributed by atoms with Gasteiger partial charge in [0.05, 0.1) is 11.7 Å². The predicted molar refractivity (Wildman–Crippen MR) is 85.4 cm³/mol. The summed E-state index contributed by atoms with van der Waals surface area (Å²) in [6.45, 7) is 1.85. The van der Waals surface area contributed by atoms with Gasteiger partial charge in [-0.15, -0.1) is 5.10 Å². The fourth-order valence-electron chi connectivity index (χ4n) is 3.40. The van der Waals surface area contributed by atoms with Gasteiger partial charge in [-0.05, 0) is 50.3 Å². The van der Waals surface area contributed by atoms with Gasteiger partial charge in [0, 0.05) is 11.6 Å². The zero-order chi connectivity index (χ0) is 16.7. The van der Waals surface area contributed by atoms with Crippen molar-refractivity contribution in [3.63, 3.8) is 0 Å². The zero-order valence-electron chi connectivity index (χ0n) is 13.4. The molecule has 2 heterocycles. The third kappa shape index (κ3) is 2.62. The topological polar surface area (TPSA) is 64.1 Å². The van der Waals surface area contributed by atoms with E-state index in [9.17, 15) is 9.18 Å². The van der Waals surface area contributed by atoms with Crippen LogP contribution in [0.2, 0.25) is 0 Å². The predicted octanol–water partition coefficient (Wildman–Crippen LogP) is 2.75. The minimum absolute atomic E-state index is 0.267. The summed E-state index contributed by atoms with van der Waals surface area (Å²) in [5.74, 6) is -0.161. The van der Waals surface area contributed by atoms with Crippen LogP contribution >= 0.6 is 0 Å². The van der Waals surface area contributed by atoms with Gasteiger partial charge in [-0.1, -0.05) is 6.07 Å². The Morgan fingerprint density at radius 3 is 2.96 bits per heavy atom. The van der Waals surface area contributed by atoms with Crippen LogP contribution in [0.4, 0.5) is 4.39 Å². The normalized spacial score (nSPS) is 21.6. The van der Waals surface area contributed by atoms with E-state index >= 15 is 0 Å². The van der Waals surface area contributed by atoms with Crippen molar-refractivity contribution in [3.8, 4) is 5.75 Å². The molecule has 0 saturated heterocycles. The monoisotopic (exact) mass is 327 g/mol. The van der Waals surface area contributed by atoms with Crippen LogP contribution in [0.5, 0.6) is 5.75 Å². The highest BCUT2D eigenvalue weighted by Crippen LogP contribution is 2.37. The van der Waals surface area contributed by atoms with Crippen molar-refractivity contribution in [2.24, 2.45) is 0 Å². The lowest BCUT2D eigenvalue weighted by atomic mass is 9.96. The van der Waals surface area contributed by atoms with Gasteiger partial charge >= 0.3 is 0 Å². The lowest BCUT2D eigenvalue weighted by Gasteiger charge is -2.18. The van der Waals surface area contributed by atoms with Crippen molar-refractivity contribution in [1.82, 2.24) is 15.5 Å². The molecule has 1 aromatic carbocycles. The number of ether oxygens (including phenoxy) is 1. The largest absolute Gasteiger partial charge is 0.488 e. The summed E-state index contributed by atoms with van der Waals surface area (Å²) in [5, 5.41) is 11.2. The maximum absolute atomic E-state index is 13.3. The number of fused-ring (bicyclic) bond motifs is 2. The van der Waals surface area contributed by atoms with E-state index in [0.717, 1.165) is 42.5 Å². The number of rotatable bonds is 2. The van der Waals surface area contributed by atoms with Crippen LogP contribution in [0.15, 0.2) is 24.3 Å². The summed E-state index contributed by atoms with van der Waals surface area (Å²) < 4.78 is 19.0. The number of aryl methyl sites for hydroxylation is 2. The molecule has 0 spiro atoms. The Bertz CT molecular complexity index is 809. The molecule has 5 nitrogen and oxygen atoms in total. The zero-order valence-corrected chi connectivity index (χ0v) is 13.4. The lowest BCUT2D eigenvalue weighted by Crippen LogP contribution is -2.34. The minimum atomic E-state index is -0.353. The van der Waals surface area contributed by atoms with Crippen molar-refractivity contribution >= 4 is 5.91 Å². The van der Waals surface area contributed by atoms with E-state index in [-0.39, 0.29) is 23.9 Å². The summed E-state index contributed by atoms with van der Waals surface area (Å²) in [6, 6.07) is 5.88. The number of nitrogens with zero attached hydrogens (tertiary/aromatic N) is 2. The first kappa shape index (κ1) is 15.1. The van der Waals surface area contributed by atoms with Gasteiger partial charge in [0.1, 0.15) is 17.7 Å². The van der Waals surface area contributed by atoms with Crippen LogP contribution < -0.4 is 10.1 Å². The number of hydrogen-bond acceptors (Lipinski definition) is 4. The molecule has 2 atom stereocenters. The number of hydrogen-bond donors (Lipinski definition) is 1. The van der Waals surface area contributed by atoms with Crippen LogP contribution in [-0.2, 0) is 12.8 Å². The SMILES string of the molecule is CC1Oc2cc(F)ccc2C1NC(=O)c1cc2c(nn1)CCCC2. The third-order valence-corrected chi connectivity index (χ3v) is 4.68. The number of benzene rings is 1. The van der Waals surface area contributed by atoms with Crippen molar-refractivity contribution in [2.45, 2.75) is 44.8 Å².